The van der Waals surface area contributed by atoms with Crippen molar-refractivity contribution >= 4 is 29.5 Å². The van der Waals surface area contributed by atoms with Crippen LogP contribution in [0.25, 0.3) is 0 Å². The lowest BCUT2D eigenvalue weighted by atomic mass is 10.1. The lowest BCUT2D eigenvalue weighted by Gasteiger charge is -2.16. The molecule has 1 rings (SSSR count). The van der Waals surface area contributed by atoms with Crippen molar-refractivity contribution in [1.29, 1.82) is 0 Å². The molecule has 0 aliphatic carbocycles. The predicted molar refractivity (Wildman–Crippen MR) is 104 cm³/mol. The SMILES string of the molecule is CC(=O)[O-].CCOc1ccc(NC(C)=O)c[n+]1C(CCOC(C)=O)CCOC(C)=O. The molecule has 1 heterocycles. The molecule has 10 nitrogen and oxygen atoms in total. The molecule has 0 unspecified atom stereocenters. The van der Waals surface area contributed by atoms with Crippen molar-refractivity contribution in [3.63, 3.8) is 0 Å². The van der Waals surface area contributed by atoms with Gasteiger partial charge in [0.05, 0.1) is 25.9 Å². The van der Waals surface area contributed by atoms with E-state index < -0.39 is 5.97 Å². The van der Waals surface area contributed by atoms with Gasteiger partial charge < -0.3 is 29.4 Å². The Hall–Kier alpha value is -3.17. The van der Waals surface area contributed by atoms with Crippen LogP contribution < -0.4 is 19.7 Å². The molecule has 0 radical (unpaired) electrons. The van der Waals surface area contributed by atoms with Crippen molar-refractivity contribution < 1.29 is 43.1 Å². The Balaban J connectivity index is 0.00000192. The maximum atomic E-state index is 11.3. The molecular formula is C20H30N2O8. The zero-order chi connectivity index (χ0) is 23.1. The Morgan fingerprint density at radius 2 is 1.50 bits per heavy atom. The second kappa shape index (κ2) is 14.8. The number of ether oxygens (including phenoxy) is 3. The van der Waals surface area contributed by atoms with Crippen LogP contribution in [-0.2, 0) is 28.7 Å². The van der Waals surface area contributed by atoms with Gasteiger partial charge in [-0.2, -0.15) is 4.57 Å². The minimum Gasteiger partial charge on any atom is -0.550 e. The third-order valence-electron chi connectivity index (χ3n) is 3.46. The van der Waals surface area contributed by atoms with Crippen molar-refractivity contribution in [3.05, 3.63) is 18.3 Å². The van der Waals surface area contributed by atoms with Gasteiger partial charge in [-0.05, 0) is 19.9 Å². The third kappa shape index (κ3) is 13.1. The van der Waals surface area contributed by atoms with Crippen LogP contribution in [0.1, 0.15) is 53.5 Å². The second-order valence-corrected chi connectivity index (χ2v) is 6.18. The first-order valence-corrected chi connectivity index (χ1v) is 9.46. The van der Waals surface area contributed by atoms with Crippen LogP contribution in [-0.4, -0.2) is 43.6 Å². The molecule has 0 atom stereocenters. The highest BCUT2D eigenvalue weighted by Gasteiger charge is 2.25. The van der Waals surface area contributed by atoms with Gasteiger partial charge in [-0.25, -0.2) is 0 Å². The van der Waals surface area contributed by atoms with Gasteiger partial charge in [0, 0.05) is 39.6 Å². The molecule has 30 heavy (non-hydrogen) atoms. The first-order chi connectivity index (χ1) is 14.1. The van der Waals surface area contributed by atoms with E-state index in [0.29, 0.717) is 31.0 Å². The first-order valence-electron chi connectivity index (χ1n) is 9.46. The number of hydrogen-bond donors (Lipinski definition) is 1. The van der Waals surface area contributed by atoms with E-state index in [4.69, 9.17) is 24.1 Å². The maximum absolute atomic E-state index is 11.3. The van der Waals surface area contributed by atoms with E-state index in [-0.39, 0.29) is 37.1 Å². The fourth-order valence-corrected chi connectivity index (χ4v) is 2.44. The predicted octanol–water partition coefficient (Wildman–Crippen LogP) is 0.535. The summed E-state index contributed by atoms with van der Waals surface area (Å²) in [5.74, 6) is -1.37. The van der Waals surface area contributed by atoms with Crippen molar-refractivity contribution in [2.24, 2.45) is 0 Å². The first kappa shape index (κ1) is 26.8. The van der Waals surface area contributed by atoms with Crippen LogP contribution in [0.5, 0.6) is 5.88 Å². The highest BCUT2D eigenvalue weighted by atomic mass is 16.5. The molecule has 0 saturated carbocycles. The Labute approximate surface area is 176 Å². The van der Waals surface area contributed by atoms with Gasteiger partial charge in [-0.15, -0.1) is 0 Å². The van der Waals surface area contributed by atoms with E-state index in [1.165, 1.54) is 20.8 Å². The molecule has 0 aliphatic heterocycles. The summed E-state index contributed by atoms with van der Waals surface area (Å²) in [5.41, 5.74) is 0.617. The van der Waals surface area contributed by atoms with Crippen molar-refractivity contribution in [1.82, 2.24) is 0 Å². The minimum absolute atomic E-state index is 0.149. The monoisotopic (exact) mass is 426 g/mol. The van der Waals surface area contributed by atoms with Crippen molar-refractivity contribution in [2.45, 2.75) is 53.5 Å². The Morgan fingerprint density at radius 1 is 1.00 bits per heavy atom. The number of carboxylic acids is 1. The highest BCUT2D eigenvalue weighted by Crippen LogP contribution is 2.18. The summed E-state index contributed by atoms with van der Waals surface area (Å²) in [6.45, 7) is 7.90. The van der Waals surface area contributed by atoms with Crippen LogP contribution in [0.15, 0.2) is 18.3 Å². The Bertz CT molecular complexity index is 697. The maximum Gasteiger partial charge on any atom is 0.368 e. The fourth-order valence-electron chi connectivity index (χ4n) is 2.44. The molecule has 0 aromatic carbocycles. The van der Waals surface area contributed by atoms with Crippen LogP contribution in [0.3, 0.4) is 0 Å². The number of aromatic nitrogens is 1. The van der Waals surface area contributed by atoms with E-state index in [9.17, 15) is 14.4 Å². The third-order valence-corrected chi connectivity index (χ3v) is 3.46. The van der Waals surface area contributed by atoms with E-state index in [1.807, 2.05) is 11.5 Å². The van der Waals surface area contributed by atoms with Gasteiger partial charge in [0.15, 0.2) is 12.2 Å². The van der Waals surface area contributed by atoms with Crippen LogP contribution in [0, 0.1) is 0 Å². The average molecular weight is 426 g/mol. The molecule has 0 aliphatic rings. The molecule has 0 fully saturated rings. The average Bonchev–Trinajstić information content (AvgIpc) is 2.60. The van der Waals surface area contributed by atoms with Crippen molar-refractivity contribution in [2.75, 3.05) is 25.1 Å². The van der Waals surface area contributed by atoms with E-state index in [1.54, 1.807) is 18.3 Å². The summed E-state index contributed by atoms with van der Waals surface area (Å²) in [5, 5.41) is 11.6. The molecule has 1 aromatic heterocycles. The number of carboxylic acid groups (broad SMARTS) is 1. The summed E-state index contributed by atoms with van der Waals surface area (Å²) in [7, 11) is 0. The molecule has 1 N–H and O–H groups in total. The minimum atomic E-state index is -1.08. The number of pyridine rings is 1. The summed E-state index contributed by atoms with van der Waals surface area (Å²) in [4.78, 5) is 42.3. The van der Waals surface area contributed by atoms with Crippen LogP contribution in [0.2, 0.25) is 0 Å². The van der Waals surface area contributed by atoms with Gasteiger partial charge in [0.1, 0.15) is 5.69 Å². The highest BCUT2D eigenvalue weighted by molar-refractivity contribution is 5.88. The smallest absolute Gasteiger partial charge is 0.368 e. The standard InChI is InChI=1S/C18H26N2O6.C2H4O2/c1-5-24-18-7-6-16(19-13(2)21)12-20(18)17(8-10-25-14(3)22)9-11-26-15(4)23;1-2(3)4/h6-7,12,17H,5,8-11H2,1-4H3;1H3,(H,3,4). The van der Waals surface area contributed by atoms with Crippen LogP contribution in [0.4, 0.5) is 5.69 Å². The lowest BCUT2D eigenvalue weighted by molar-refractivity contribution is -0.728. The van der Waals surface area contributed by atoms with E-state index in [2.05, 4.69) is 5.32 Å². The molecule has 0 saturated heterocycles. The number of amides is 1. The fraction of sp³-hybridized carbons (Fsp3) is 0.550. The number of aliphatic carboxylic acids is 1. The molecule has 0 spiro atoms. The summed E-state index contributed by atoms with van der Waals surface area (Å²) in [6, 6.07) is 3.36. The quantitative estimate of drug-likeness (QED) is 0.423. The number of nitrogens with zero attached hydrogens (tertiary/aromatic N) is 1. The van der Waals surface area contributed by atoms with Crippen molar-refractivity contribution in [3.8, 4) is 5.88 Å². The molecule has 0 bridgehead atoms. The van der Waals surface area contributed by atoms with Gasteiger partial charge in [0.25, 0.3) is 0 Å². The lowest BCUT2D eigenvalue weighted by Crippen LogP contribution is -2.42. The number of nitrogens with one attached hydrogen (secondary N) is 1. The van der Waals surface area contributed by atoms with Gasteiger partial charge in [-0.1, -0.05) is 0 Å². The number of rotatable bonds is 10. The zero-order valence-electron chi connectivity index (χ0n) is 18.1. The Kier molecular flexibility index (Phi) is 13.2. The Morgan fingerprint density at radius 3 is 1.90 bits per heavy atom. The summed E-state index contributed by atoms with van der Waals surface area (Å²) >= 11 is 0. The second-order valence-electron chi connectivity index (χ2n) is 6.18. The summed E-state index contributed by atoms with van der Waals surface area (Å²) < 4.78 is 17.6. The number of hydrogen-bond acceptors (Lipinski definition) is 8. The van der Waals surface area contributed by atoms with E-state index >= 15 is 0 Å². The number of carbonyl (C=O) groups is 4. The molecule has 168 valence electrons. The zero-order valence-corrected chi connectivity index (χ0v) is 18.1. The molecule has 1 aromatic rings. The number of esters is 2. The largest absolute Gasteiger partial charge is 0.550 e. The van der Waals surface area contributed by atoms with Gasteiger partial charge in [0.2, 0.25) is 5.91 Å². The normalized spacial score (nSPS) is 9.80. The number of anilines is 1. The van der Waals surface area contributed by atoms with Crippen LogP contribution >= 0.6 is 0 Å². The van der Waals surface area contributed by atoms with Gasteiger partial charge in [-0.3, -0.25) is 14.4 Å². The number of carbonyl (C=O) groups excluding carboxylic acids is 4. The molecular weight excluding hydrogens is 396 g/mol. The summed E-state index contributed by atoms with van der Waals surface area (Å²) in [6.07, 6.45) is 2.78. The van der Waals surface area contributed by atoms with E-state index in [0.717, 1.165) is 6.92 Å². The molecule has 10 heteroatoms. The topological polar surface area (TPSA) is 135 Å². The van der Waals surface area contributed by atoms with Gasteiger partial charge >= 0.3 is 17.8 Å². The molecule has 1 amide bonds.